The van der Waals surface area contributed by atoms with Crippen LogP contribution in [0.2, 0.25) is 5.02 Å². The first-order chi connectivity index (χ1) is 15.0. The number of benzene rings is 1. The number of thiophene rings is 1. The predicted octanol–water partition coefficient (Wildman–Crippen LogP) is 3.77. The number of amides is 4. The summed E-state index contributed by atoms with van der Waals surface area (Å²) >= 11 is 7.39. The van der Waals surface area contributed by atoms with Crippen molar-refractivity contribution in [1.82, 2.24) is 14.7 Å². The van der Waals surface area contributed by atoms with Crippen LogP contribution < -0.4 is 5.32 Å². The van der Waals surface area contributed by atoms with Gasteiger partial charge in [-0.05, 0) is 48.9 Å². The molecular formula is C22H25ClN4O3S. The Kier molecular flexibility index (Phi) is 6.77. The lowest BCUT2D eigenvalue weighted by molar-refractivity contribution is -0.135. The van der Waals surface area contributed by atoms with E-state index < -0.39 is 6.04 Å². The molecule has 1 aromatic carbocycles. The van der Waals surface area contributed by atoms with Gasteiger partial charge < -0.3 is 20.0 Å². The van der Waals surface area contributed by atoms with E-state index in [1.807, 2.05) is 11.4 Å². The van der Waals surface area contributed by atoms with Crippen LogP contribution in [0.3, 0.4) is 0 Å². The smallest absolute Gasteiger partial charge is 0.321 e. The summed E-state index contributed by atoms with van der Waals surface area (Å²) in [6.45, 7) is 2.66. The van der Waals surface area contributed by atoms with Crippen molar-refractivity contribution in [3.8, 4) is 0 Å². The molecule has 1 atom stereocenters. The third kappa shape index (κ3) is 5.02. The van der Waals surface area contributed by atoms with Gasteiger partial charge >= 0.3 is 6.03 Å². The minimum Gasteiger partial charge on any atom is -0.339 e. The first-order valence-corrected chi connectivity index (χ1v) is 11.7. The molecule has 4 rings (SSSR count). The van der Waals surface area contributed by atoms with Crippen molar-refractivity contribution in [3.05, 3.63) is 51.7 Å². The van der Waals surface area contributed by atoms with Gasteiger partial charge in [-0.15, -0.1) is 11.3 Å². The number of carbonyl (C=O) groups is 3. The number of urea groups is 1. The standard InChI is InChI=1S/C22H25ClN4O3S/c23-16-5-1-6-17(15-16)24-22(30)26-10-4-9-25(12-13-26)20(28)18-7-2-11-27(18)21(29)19-8-3-14-31-19/h1,3,5-6,8,14-15,18H,2,4,7,9-13H2,(H,24,30)/t18-/m0/s1. The molecule has 2 saturated heterocycles. The Morgan fingerprint density at radius 1 is 0.968 bits per heavy atom. The van der Waals surface area contributed by atoms with Crippen molar-refractivity contribution >= 4 is 46.5 Å². The molecule has 4 amide bonds. The lowest BCUT2D eigenvalue weighted by Gasteiger charge is -2.29. The Bertz CT molecular complexity index is 952. The molecule has 31 heavy (non-hydrogen) atoms. The second-order valence-corrected chi connectivity index (χ2v) is 9.12. The summed E-state index contributed by atoms with van der Waals surface area (Å²) in [5.74, 6) is -0.0808. The molecule has 2 aliphatic rings. The van der Waals surface area contributed by atoms with E-state index >= 15 is 0 Å². The van der Waals surface area contributed by atoms with Crippen LogP contribution in [0.5, 0.6) is 0 Å². The summed E-state index contributed by atoms with van der Waals surface area (Å²) in [7, 11) is 0. The van der Waals surface area contributed by atoms with Crippen LogP contribution in [0.4, 0.5) is 10.5 Å². The van der Waals surface area contributed by atoms with E-state index in [-0.39, 0.29) is 17.8 Å². The van der Waals surface area contributed by atoms with E-state index in [0.29, 0.717) is 61.2 Å². The van der Waals surface area contributed by atoms with Crippen molar-refractivity contribution in [1.29, 1.82) is 0 Å². The maximum absolute atomic E-state index is 13.2. The molecule has 0 bridgehead atoms. The minimum absolute atomic E-state index is 0.0143. The van der Waals surface area contributed by atoms with Crippen LogP contribution in [-0.2, 0) is 4.79 Å². The second kappa shape index (κ2) is 9.70. The van der Waals surface area contributed by atoms with E-state index in [1.165, 1.54) is 11.3 Å². The molecule has 164 valence electrons. The summed E-state index contributed by atoms with van der Waals surface area (Å²) in [4.78, 5) is 44.6. The Morgan fingerprint density at radius 2 is 1.77 bits per heavy atom. The quantitative estimate of drug-likeness (QED) is 0.757. The van der Waals surface area contributed by atoms with E-state index in [9.17, 15) is 14.4 Å². The number of halogens is 1. The Morgan fingerprint density at radius 3 is 2.55 bits per heavy atom. The lowest BCUT2D eigenvalue weighted by Crippen LogP contribution is -2.48. The Balaban J connectivity index is 1.36. The number of nitrogens with zero attached hydrogens (tertiary/aromatic N) is 3. The summed E-state index contributed by atoms with van der Waals surface area (Å²) in [5, 5.41) is 5.30. The van der Waals surface area contributed by atoms with Crippen molar-refractivity contribution in [2.24, 2.45) is 0 Å². The molecule has 2 aromatic rings. The molecule has 1 N–H and O–H groups in total. The molecule has 0 saturated carbocycles. The number of likely N-dealkylation sites (tertiary alicyclic amines) is 1. The molecule has 2 aliphatic heterocycles. The molecule has 0 spiro atoms. The van der Waals surface area contributed by atoms with Crippen LogP contribution >= 0.6 is 22.9 Å². The fourth-order valence-electron chi connectivity index (χ4n) is 4.13. The summed E-state index contributed by atoms with van der Waals surface area (Å²) < 4.78 is 0. The van der Waals surface area contributed by atoms with E-state index in [0.717, 1.165) is 6.42 Å². The number of rotatable bonds is 3. The highest BCUT2D eigenvalue weighted by Crippen LogP contribution is 2.24. The predicted molar refractivity (Wildman–Crippen MR) is 122 cm³/mol. The Labute approximate surface area is 190 Å². The first-order valence-electron chi connectivity index (χ1n) is 10.5. The molecule has 7 nitrogen and oxygen atoms in total. The van der Waals surface area contributed by atoms with Crippen LogP contribution in [0.15, 0.2) is 41.8 Å². The molecular weight excluding hydrogens is 436 g/mol. The molecule has 0 unspecified atom stereocenters. The zero-order valence-corrected chi connectivity index (χ0v) is 18.7. The van der Waals surface area contributed by atoms with E-state index in [1.54, 1.807) is 45.0 Å². The van der Waals surface area contributed by atoms with Gasteiger partial charge in [0.1, 0.15) is 6.04 Å². The molecule has 9 heteroatoms. The molecule has 0 radical (unpaired) electrons. The number of carbonyl (C=O) groups excluding carboxylic acids is 3. The van der Waals surface area contributed by atoms with Gasteiger partial charge in [-0.25, -0.2) is 4.79 Å². The average Bonchev–Trinajstić information content (AvgIpc) is 3.40. The molecule has 3 heterocycles. The van der Waals surface area contributed by atoms with Crippen molar-refractivity contribution in [2.75, 3.05) is 38.0 Å². The normalized spacial score (nSPS) is 19.3. The third-order valence-corrected chi connectivity index (χ3v) is 6.79. The third-order valence-electron chi connectivity index (χ3n) is 5.70. The number of hydrogen-bond donors (Lipinski definition) is 1. The van der Waals surface area contributed by atoms with Crippen molar-refractivity contribution in [3.63, 3.8) is 0 Å². The van der Waals surface area contributed by atoms with E-state index in [4.69, 9.17) is 11.6 Å². The maximum atomic E-state index is 13.2. The fraction of sp³-hybridized carbons (Fsp3) is 0.409. The van der Waals surface area contributed by atoms with Crippen LogP contribution in [0.1, 0.15) is 28.9 Å². The SMILES string of the molecule is O=C(Nc1cccc(Cl)c1)N1CCCN(C(=O)[C@@H]2CCCN2C(=O)c2cccs2)CC1. The zero-order chi connectivity index (χ0) is 21.8. The van der Waals surface area contributed by atoms with Crippen LogP contribution in [-0.4, -0.2) is 71.3 Å². The second-order valence-electron chi connectivity index (χ2n) is 7.74. The van der Waals surface area contributed by atoms with Gasteiger partial charge in [0.25, 0.3) is 5.91 Å². The summed E-state index contributed by atoms with van der Waals surface area (Å²) in [5.41, 5.74) is 0.642. The van der Waals surface area contributed by atoms with Gasteiger partial charge in [0, 0.05) is 43.4 Å². The van der Waals surface area contributed by atoms with Gasteiger partial charge in [-0.2, -0.15) is 0 Å². The highest BCUT2D eigenvalue weighted by molar-refractivity contribution is 7.12. The van der Waals surface area contributed by atoms with Crippen LogP contribution in [0.25, 0.3) is 0 Å². The highest BCUT2D eigenvalue weighted by atomic mass is 35.5. The highest BCUT2D eigenvalue weighted by Gasteiger charge is 2.37. The molecule has 0 aliphatic carbocycles. The first kappa shape index (κ1) is 21.6. The number of hydrogen-bond acceptors (Lipinski definition) is 4. The van der Waals surface area contributed by atoms with Gasteiger partial charge in [-0.3, -0.25) is 9.59 Å². The lowest BCUT2D eigenvalue weighted by atomic mass is 10.2. The van der Waals surface area contributed by atoms with Crippen LogP contribution in [0, 0.1) is 0 Å². The van der Waals surface area contributed by atoms with Gasteiger partial charge in [0.2, 0.25) is 5.91 Å². The number of anilines is 1. The fourth-order valence-corrected chi connectivity index (χ4v) is 5.00. The van der Waals surface area contributed by atoms with Gasteiger partial charge in [0.15, 0.2) is 0 Å². The maximum Gasteiger partial charge on any atom is 0.321 e. The average molecular weight is 461 g/mol. The van der Waals surface area contributed by atoms with Gasteiger partial charge in [0.05, 0.1) is 4.88 Å². The largest absolute Gasteiger partial charge is 0.339 e. The zero-order valence-electron chi connectivity index (χ0n) is 17.1. The minimum atomic E-state index is -0.415. The van der Waals surface area contributed by atoms with Crippen molar-refractivity contribution in [2.45, 2.75) is 25.3 Å². The summed E-state index contributed by atoms with van der Waals surface area (Å²) in [6.07, 6.45) is 2.21. The number of nitrogens with one attached hydrogen (secondary N) is 1. The topological polar surface area (TPSA) is 73.0 Å². The molecule has 1 aromatic heterocycles. The Hall–Kier alpha value is -2.58. The molecule has 2 fully saturated rings. The van der Waals surface area contributed by atoms with Gasteiger partial charge in [-0.1, -0.05) is 23.7 Å². The summed E-state index contributed by atoms with van der Waals surface area (Å²) in [6, 6.07) is 10.1. The van der Waals surface area contributed by atoms with E-state index in [2.05, 4.69) is 5.32 Å². The van der Waals surface area contributed by atoms with Crippen molar-refractivity contribution < 1.29 is 14.4 Å². The monoisotopic (exact) mass is 460 g/mol.